The molecule has 0 N–H and O–H groups in total. The molecule has 0 heterocycles. The van der Waals surface area contributed by atoms with Crippen molar-refractivity contribution in [1.29, 1.82) is 5.26 Å². The first-order chi connectivity index (χ1) is 13.7. The minimum Gasteiger partial charge on any atom is -0.426 e. The van der Waals surface area contributed by atoms with E-state index in [1.165, 1.54) is 64.2 Å². The van der Waals surface area contributed by atoms with E-state index in [9.17, 15) is 4.79 Å². The molecule has 2 saturated carbocycles. The summed E-state index contributed by atoms with van der Waals surface area (Å²) in [4.78, 5) is 12.5. The Morgan fingerprint density at radius 3 is 2.14 bits per heavy atom. The van der Waals surface area contributed by atoms with Crippen LogP contribution in [-0.4, -0.2) is 5.97 Å². The van der Waals surface area contributed by atoms with Crippen LogP contribution >= 0.6 is 0 Å². The van der Waals surface area contributed by atoms with E-state index in [2.05, 4.69) is 13.0 Å². The van der Waals surface area contributed by atoms with E-state index < -0.39 is 0 Å². The number of hydrogen-bond acceptors (Lipinski definition) is 3. The minimum absolute atomic E-state index is 0.0391. The Balaban J connectivity index is 1.38. The highest BCUT2D eigenvalue weighted by molar-refractivity contribution is 5.75. The van der Waals surface area contributed by atoms with Gasteiger partial charge in [-0.15, -0.1) is 0 Å². The van der Waals surface area contributed by atoms with Gasteiger partial charge >= 0.3 is 5.97 Å². The van der Waals surface area contributed by atoms with Gasteiger partial charge in [0.15, 0.2) is 0 Å². The van der Waals surface area contributed by atoms with E-state index in [0.717, 1.165) is 30.6 Å². The standard InChI is InChI=1S/C25H35NO2/c1-2-3-4-5-19-6-10-21(11-7-19)22-12-14-23(15-13-22)25(27)28-24-16-8-20(18-26)9-17-24/h8-9,16-17,19,21-23H,2-7,10-15H2,1H3/t19-,21-,22-,23-. The molecule has 2 fully saturated rings. The third-order valence-corrected chi connectivity index (χ3v) is 7.08. The fraction of sp³-hybridized carbons (Fsp3) is 0.680. The molecule has 0 bridgehead atoms. The monoisotopic (exact) mass is 381 g/mol. The molecule has 0 saturated heterocycles. The number of carbonyl (C=O) groups is 1. The van der Waals surface area contributed by atoms with Crippen LogP contribution < -0.4 is 4.74 Å². The van der Waals surface area contributed by atoms with E-state index in [0.29, 0.717) is 11.3 Å². The molecule has 2 aliphatic carbocycles. The van der Waals surface area contributed by atoms with E-state index in [-0.39, 0.29) is 11.9 Å². The molecular weight excluding hydrogens is 346 g/mol. The summed E-state index contributed by atoms with van der Waals surface area (Å²) in [7, 11) is 0. The van der Waals surface area contributed by atoms with Gasteiger partial charge in [-0.1, -0.05) is 45.4 Å². The molecule has 0 unspecified atom stereocenters. The van der Waals surface area contributed by atoms with Crippen LogP contribution in [-0.2, 0) is 4.79 Å². The summed E-state index contributed by atoms with van der Waals surface area (Å²) < 4.78 is 5.55. The van der Waals surface area contributed by atoms with Crippen LogP contribution in [0.2, 0.25) is 0 Å². The third-order valence-electron chi connectivity index (χ3n) is 7.08. The zero-order valence-corrected chi connectivity index (χ0v) is 17.4. The van der Waals surface area contributed by atoms with Crippen molar-refractivity contribution in [2.45, 2.75) is 84.0 Å². The summed E-state index contributed by atoms with van der Waals surface area (Å²) >= 11 is 0. The maximum Gasteiger partial charge on any atom is 0.314 e. The fourth-order valence-electron chi connectivity index (χ4n) is 5.25. The highest BCUT2D eigenvalue weighted by Gasteiger charge is 2.33. The molecule has 1 aromatic rings. The summed E-state index contributed by atoms with van der Waals surface area (Å²) in [5, 5.41) is 8.85. The van der Waals surface area contributed by atoms with Crippen LogP contribution in [0.1, 0.15) is 89.5 Å². The molecule has 152 valence electrons. The van der Waals surface area contributed by atoms with Crippen LogP contribution in [0.4, 0.5) is 0 Å². The molecule has 0 aromatic heterocycles. The lowest BCUT2D eigenvalue weighted by molar-refractivity contribution is -0.140. The molecule has 3 rings (SSSR count). The largest absolute Gasteiger partial charge is 0.426 e. The summed E-state index contributed by atoms with van der Waals surface area (Å²) in [6.45, 7) is 2.29. The van der Waals surface area contributed by atoms with Gasteiger partial charge in [0.05, 0.1) is 17.6 Å². The number of rotatable bonds is 7. The van der Waals surface area contributed by atoms with Gasteiger partial charge in [0.25, 0.3) is 0 Å². The quantitative estimate of drug-likeness (QED) is 0.301. The normalized spacial score (nSPS) is 27.7. The lowest BCUT2D eigenvalue weighted by Gasteiger charge is -2.37. The number of benzene rings is 1. The number of nitriles is 1. The molecule has 3 nitrogen and oxygen atoms in total. The Morgan fingerprint density at radius 2 is 1.57 bits per heavy atom. The van der Waals surface area contributed by atoms with Crippen molar-refractivity contribution in [3.05, 3.63) is 29.8 Å². The number of esters is 1. The predicted octanol–water partition coefficient (Wildman–Crippen LogP) is 6.66. The maximum atomic E-state index is 12.5. The first-order valence-electron chi connectivity index (χ1n) is 11.4. The molecule has 0 radical (unpaired) electrons. The number of carbonyl (C=O) groups excluding carboxylic acids is 1. The third kappa shape index (κ3) is 5.84. The average Bonchev–Trinajstić information content (AvgIpc) is 2.75. The topological polar surface area (TPSA) is 50.1 Å². The van der Waals surface area contributed by atoms with Gasteiger partial charge in [-0.2, -0.15) is 5.26 Å². The Kier molecular flexibility index (Phi) is 7.95. The summed E-state index contributed by atoms with van der Waals surface area (Å²) in [5.41, 5.74) is 0.584. The predicted molar refractivity (Wildman–Crippen MR) is 112 cm³/mol. The molecule has 3 heteroatoms. The van der Waals surface area contributed by atoms with E-state index in [1.54, 1.807) is 24.3 Å². The lowest BCUT2D eigenvalue weighted by Crippen LogP contribution is -2.30. The van der Waals surface area contributed by atoms with Crippen LogP contribution in [0, 0.1) is 35.0 Å². The second-order valence-corrected chi connectivity index (χ2v) is 8.95. The SMILES string of the molecule is CCCCC[C@H]1CC[C@H]([C@H]2CC[C@H](C(=O)Oc3ccc(C#N)cc3)CC2)CC1. The number of unbranched alkanes of at least 4 members (excludes halogenated alkanes) is 2. The van der Waals surface area contributed by atoms with Gasteiger partial charge in [0.1, 0.15) is 5.75 Å². The summed E-state index contributed by atoms with van der Waals surface area (Å²) in [5.74, 6) is 3.17. The molecular formula is C25H35NO2. The van der Waals surface area contributed by atoms with Crippen molar-refractivity contribution < 1.29 is 9.53 Å². The van der Waals surface area contributed by atoms with Gasteiger partial charge < -0.3 is 4.74 Å². The maximum absolute atomic E-state index is 12.5. The van der Waals surface area contributed by atoms with Gasteiger partial charge in [0.2, 0.25) is 0 Å². The summed E-state index contributed by atoms with van der Waals surface area (Å²) in [6, 6.07) is 8.89. The number of nitrogens with zero attached hydrogens (tertiary/aromatic N) is 1. The zero-order valence-electron chi connectivity index (χ0n) is 17.4. The van der Waals surface area contributed by atoms with Crippen molar-refractivity contribution in [3.8, 4) is 11.8 Å². The summed E-state index contributed by atoms with van der Waals surface area (Å²) in [6.07, 6.45) is 15.5. The molecule has 0 atom stereocenters. The molecule has 0 amide bonds. The van der Waals surface area contributed by atoms with Crippen molar-refractivity contribution in [3.63, 3.8) is 0 Å². The Labute approximate surface area is 170 Å². The van der Waals surface area contributed by atoms with Crippen molar-refractivity contribution in [2.24, 2.45) is 23.7 Å². The highest BCUT2D eigenvalue weighted by Crippen LogP contribution is 2.42. The second kappa shape index (κ2) is 10.6. The Bertz CT molecular complexity index is 644. The van der Waals surface area contributed by atoms with Crippen LogP contribution in [0.5, 0.6) is 5.75 Å². The lowest BCUT2D eigenvalue weighted by atomic mass is 9.68. The van der Waals surface area contributed by atoms with Crippen molar-refractivity contribution in [1.82, 2.24) is 0 Å². The number of ether oxygens (including phenoxy) is 1. The fourth-order valence-corrected chi connectivity index (χ4v) is 5.25. The molecule has 2 aliphatic rings. The first kappa shape index (κ1) is 20.9. The first-order valence-corrected chi connectivity index (χ1v) is 11.4. The van der Waals surface area contributed by atoms with Crippen LogP contribution in [0.15, 0.2) is 24.3 Å². The van der Waals surface area contributed by atoms with Crippen molar-refractivity contribution >= 4 is 5.97 Å². The van der Waals surface area contributed by atoms with Gasteiger partial charge in [-0.05, 0) is 80.5 Å². The number of hydrogen-bond donors (Lipinski definition) is 0. The Morgan fingerprint density at radius 1 is 0.964 bits per heavy atom. The molecule has 1 aromatic carbocycles. The molecule has 0 aliphatic heterocycles. The Hall–Kier alpha value is -1.82. The van der Waals surface area contributed by atoms with E-state index >= 15 is 0 Å². The zero-order chi connectivity index (χ0) is 19.8. The molecule has 28 heavy (non-hydrogen) atoms. The van der Waals surface area contributed by atoms with E-state index in [4.69, 9.17) is 10.00 Å². The van der Waals surface area contributed by atoms with Gasteiger partial charge in [0, 0.05) is 0 Å². The van der Waals surface area contributed by atoms with Gasteiger partial charge in [-0.25, -0.2) is 0 Å². The van der Waals surface area contributed by atoms with Crippen LogP contribution in [0.3, 0.4) is 0 Å². The molecule has 0 spiro atoms. The second-order valence-electron chi connectivity index (χ2n) is 8.95. The highest BCUT2D eigenvalue weighted by atomic mass is 16.5. The smallest absolute Gasteiger partial charge is 0.314 e. The minimum atomic E-state index is -0.0946. The average molecular weight is 382 g/mol. The van der Waals surface area contributed by atoms with Crippen LogP contribution in [0.25, 0.3) is 0 Å². The van der Waals surface area contributed by atoms with Crippen molar-refractivity contribution in [2.75, 3.05) is 0 Å². The van der Waals surface area contributed by atoms with Gasteiger partial charge in [-0.3, -0.25) is 4.79 Å². The van der Waals surface area contributed by atoms with E-state index in [1.807, 2.05) is 0 Å².